The molecule has 0 N–H and O–H groups in total. The lowest BCUT2D eigenvalue weighted by atomic mass is 10.1. The van der Waals surface area contributed by atoms with E-state index in [0.717, 1.165) is 11.1 Å². The average Bonchev–Trinajstić information content (AvgIpc) is 2.78. The molecule has 0 unspecified atom stereocenters. The summed E-state index contributed by atoms with van der Waals surface area (Å²) >= 11 is 0. The maximum Gasteiger partial charge on any atom is 0.257 e. The van der Waals surface area contributed by atoms with Crippen molar-refractivity contribution in [3.63, 3.8) is 0 Å². The summed E-state index contributed by atoms with van der Waals surface area (Å²) in [5.74, 6) is 0.622. The van der Waals surface area contributed by atoms with Crippen LogP contribution in [0.15, 0.2) is 97.1 Å². The summed E-state index contributed by atoms with van der Waals surface area (Å²) < 4.78 is 25.6. The summed E-state index contributed by atoms with van der Waals surface area (Å²) in [4.78, 5) is 4.60. The maximum atomic E-state index is 13.6. The van der Waals surface area contributed by atoms with Crippen molar-refractivity contribution < 1.29 is 13.9 Å². The van der Waals surface area contributed by atoms with Gasteiger partial charge in [-0.05, 0) is 35.4 Å². The van der Waals surface area contributed by atoms with Crippen molar-refractivity contribution in [2.75, 3.05) is 0 Å². The van der Waals surface area contributed by atoms with Crippen LogP contribution < -0.4 is 9.47 Å². The first-order chi connectivity index (χ1) is 14.3. The van der Waals surface area contributed by atoms with E-state index in [1.807, 2.05) is 78.9 Å². The zero-order valence-corrected chi connectivity index (χ0v) is 15.8. The molecule has 0 spiro atoms. The van der Waals surface area contributed by atoms with E-state index in [1.165, 1.54) is 12.1 Å². The molecule has 4 heteroatoms. The third-order valence-electron chi connectivity index (χ3n) is 4.40. The quantitative estimate of drug-likeness (QED) is 0.388. The summed E-state index contributed by atoms with van der Waals surface area (Å²) in [6.45, 7) is 0.770. The fourth-order valence-corrected chi connectivity index (χ4v) is 2.91. The van der Waals surface area contributed by atoms with Crippen LogP contribution in [-0.2, 0) is 13.2 Å². The molecule has 0 aliphatic carbocycles. The zero-order valence-electron chi connectivity index (χ0n) is 15.8. The van der Waals surface area contributed by atoms with Gasteiger partial charge >= 0.3 is 0 Å². The third-order valence-corrected chi connectivity index (χ3v) is 4.40. The number of ether oxygens (including phenoxy) is 2. The largest absolute Gasteiger partial charge is 0.483 e. The standard InChI is InChI=1S/C25H20FNO2/c26-22-13-7-12-21(16-22)23-14-15-24(28-17-19-8-3-1-4-9-19)25(27-23)29-18-20-10-5-2-6-11-20/h1-16H,17-18H2. The van der Waals surface area contributed by atoms with Crippen LogP contribution in [0.2, 0.25) is 0 Å². The van der Waals surface area contributed by atoms with Crippen LogP contribution in [0.4, 0.5) is 4.39 Å². The van der Waals surface area contributed by atoms with Crippen LogP contribution in [0.3, 0.4) is 0 Å². The highest BCUT2D eigenvalue weighted by Gasteiger charge is 2.11. The number of rotatable bonds is 7. The molecule has 1 heterocycles. The van der Waals surface area contributed by atoms with Crippen LogP contribution in [0, 0.1) is 5.82 Å². The average molecular weight is 385 g/mol. The monoisotopic (exact) mass is 385 g/mol. The van der Waals surface area contributed by atoms with Crippen molar-refractivity contribution in [2.45, 2.75) is 13.2 Å². The van der Waals surface area contributed by atoms with Crippen LogP contribution >= 0.6 is 0 Å². The van der Waals surface area contributed by atoms with E-state index >= 15 is 0 Å². The predicted molar refractivity (Wildman–Crippen MR) is 111 cm³/mol. The van der Waals surface area contributed by atoms with E-state index in [9.17, 15) is 4.39 Å². The predicted octanol–water partition coefficient (Wildman–Crippen LogP) is 6.05. The number of nitrogens with zero attached hydrogens (tertiary/aromatic N) is 1. The fourth-order valence-electron chi connectivity index (χ4n) is 2.91. The molecule has 0 radical (unpaired) electrons. The van der Waals surface area contributed by atoms with Gasteiger partial charge < -0.3 is 9.47 Å². The molecular weight excluding hydrogens is 365 g/mol. The van der Waals surface area contributed by atoms with Gasteiger partial charge in [-0.2, -0.15) is 0 Å². The van der Waals surface area contributed by atoms with Gasteiger partial charge in [-0.25, -0.2) is 9.37 Å². The highest BCUT2D eigenvalue weighted by Crippen LogP contribution is 2.30. The Hall–Kier alpha value is -3.66. The van der Waals surface area contributed by atoms with E-state index in [0.29, 0.717) is 36.1 Å². The highest BCUT2D eigenvalue weighted by molar-refractivity contribution is 5.61. The Morgan fingerprint density at radius 1 is 0.655 bits per heavy atom. The summed E-state index contributed by atoms with van der Waals surface area (Å²) in [5.41, 5.74) is 3.39. The SMILES string of the molecule is Fc1cccc(-c2ccc(OCc3ccccc3)c(OCc3ccccc3)n2)c1. The topological polar surface area (TPSA) is 31.4 Å². The lowest BCUT2D eigenvalue weighted by Gasteiger charge is -2.14. The molecule has 0 saturated carbocycles. The van der Waals surface area contributed by atoms with Crippen LogP contribution in [0.25, 0.3) is 11.3 Å². The highest BCUT2D eigenvalue weighted by atomic mass is 19.1. The Balaban J connectivity index is 1.60. The van der Waals surface area contributed by atoms with Gasteiger partial charge in [0.25, 0.3) is 5.88 Å². The Kier molecular flexibility index (Phi) is 5.81. The van der Waals surface area contributed by atoms with E-state index in [1.54, 1.807) is 6.07 Å². The molecule has 0 aliphatic heterocycles. The molecule has 0 aliphatic rings. The van der Waals surface area contributed by atoms with Gasteiger partial charge in [0.05, 0.1) is 5.69 Å². The molecule has 4 aromatic rings. The molecular formula is C25H20FNO2. The van der Waals surface area contributed by atoms with Crippen molar-refractivity contribution in [1.82, 2.24) is 4.98 Å². The summed E-state index contributed by atoms with van der Waals surface area (Å²) in [6, 6.07) is 29.7. The molecule has 1 aromatic heterocycles. The maximum absolute atomic E-state index is 13.6. The normalized spacial score (nSPS) is 10.5. The minimum Gasteiger partial charge on any atom is -0.483 e. The lowest BCUT2D eigenvalue weighted by Crippen LogP contribution is -2.03. The van der Waals surface area contributed by atoms with Gasteiger partial charge in [-0.15, -0.1) is 0 Å². The smallest absolute Gasteiger partial charge is 0.257 e. The van der Waals surface area contributed by atoms with Gasteiger partial charge in [0, 0.05) is 5.56 Å². The molecule has 3 aromatic carbocycles. The molecule has 0 atom stereocenters. The first kappa shape index (κ1) is 18.7. The van der Waals surface area contributed by atoms with E-state index < -0.39 is 0 Å². The first-order valence-electron chi connectivity index (χ1n) is 9.38. The summed E-state index contributed by atoms with van der Waals surface area (Å²) in [5, 5.41) is 0. The van der Waals surface area contributed by atoms with Gasteiger partial charge in [-0.1, -0.05) is 72.8 Å². The van der Waals surface area contributed by atoms with Crippen LogP contribution in [0.1, 0.15) is 11.1 Å². The molecule has 3 nitrogen and oxygen atoms in total. The third kappa shape index (κ3) is 4.99. The molecule has 0 bridgehead atoms. The van der Waals surface area contributed by atoms with Crippen molar-refractivity contribution in [3.05, 3.63) is 114 Å². The van der Waals surface area contributed by atoms with Gasteiger partial charge in [0.15, 0.2) is 5.75 Å². The van der Waals surface area contributed by atoms with Crippen molar-refractivity contribution in [3.8, 4) is 22.9 Å². The Bertz CT molecular complexity index is 1070. The minimum absolute atomic E-state index is 0.305. The molecule has 0 amide bonds. The number of pyridine rings is 1. The fraction of sp³-hybridized carbons (Fsp3) is 0.0800. The molecule has 0 saturated heterocycles. The molecule has 144 valence electrons. The molecule has 4 rings (SSSR count). The van der Waals surface area contributed by atoms with Crippen LogP contribution in [-0.4, -0.2) is 4.98 Å². The number of hydrogen-bond acceptors (Lipinski definition) is 3. The number of hydrogen-bond donors (Lipinski definition) is 0. The Morgan fingerprint density at radius 2 is 1.31 bits per heavy atom. The van der Waals surface area contributed by atoms with E-state index in [4.69, 9.17) is 9.47 Å². The first-order valence-corrected chi connectivity index (χ1v) is 9.38. The molecule has 0 fully saturated rings. The van der Waals surface area contributed by atoms with Gasteiger partial charge in [-0.3, -0.25) is 0 Å². The van der Waals surface area contributed by atoms with E-state index in [-0.39, 0.29) is 5.82 Å². The minimum atomic E-state index is -0.305. The lowest BCUT2D eigenvalue weighted by molar-refractivity contribution is 0.247. The van der Waals surface area contributed by atoms with Crippen molar-refractivity contribution in [2.24, 2.45) is 0 Å². The number of benzene rings is 3. The van der Waals surface area contributed by atoms with Gasteiger partial charge in [0.2, 0.25) is 0 Å². The van der Waals surface area contributed by atoms with Crippen LogP contribution in [0.5, 0.6) is 11.6 Å². The molecule has 29 heavy (non-hydrogen) atoms. The Labute approximate surface area is 169 Å². The number of aromatic nitrogens is 1. The van der Waals surface area contributed by atoms with Crippen molar-refractivity contribution >= 4 is 0 Å². The number of halogens is 1. The Morgan fingerprint density at radius 3 is 1.97 bits per heavy atom. The summed E-state index contributed by atoms with van der Waals surface area (Å²) in [6.07, 6.45) is 0. The second-order valence-corrected chi connectivity index (χ2v) is 6.56. The van der Waals surface area contributed by atoms with Gasteiger partial charge in [0.1, 0.15) is 19.0 Å². The zero-order chi connectivity index (χ0) is 19.9. The van der Waals surface area contributed by atoms with E-state index in [2.05, 4.69) is 4.98 Å². The van der Waals surface area contributed by atoms with Crippen molar-refractivity contribution in [1.29, 1.82) is 0 Å². The summed E-state index contributed by atoms with van der Waals surface area (Å²) in [7, 11) is 0. The second kappa shape index (κ2) is 9.02. The second-order valence-electron chi connectivity index (χ2n) is 6.56.